The molecule has 1 atom stereocenters. The van der Waals surface area contributed by atoms with E-state index in [2.05, 4.69) is 95.9 Å². The molecule has 4 nitrogen and oxygen atoms in total. The molecule has 0 aliphatic carbocycles. The van der Waals surface area contributed by atoms with Crippen molar-refractivity contribution in [2.75, 3.05) is 19.7 Å². The number of nitrogens with two attached hydrogens (primary N) is 1. The van der Waals surface area contributed by atoms with Crippen molar-refractivity contribution in [2.45, 2.75) is 45.6 Å². The van der Waals surface area contributed by atoms with Crippen molar-refractivity contribution in [1.82, 2.24) is 10.4 Å². The van der Waals surface area contributed by atoms with E-state index < -0.39 is 0 Å². The van der Waals surface area contributed by atoms with Crippen molar-refractivity contribution >= 4 is 5.70 Å². The minimum Gasteiger partial charge on any atom is -0.399 e. The Labute approximate surface area is 241 Å². The Bertz CT molecular complexity index is 1230. The van der Waals surface area contributed by atoms with Crippen LogP contribution in [-0.2, 0) is 17.7 Å². The monoisotopic (exact) mass is 535 g/mol. The zero-order valence-corrected chi connectivity index (χ0v) is 24.1. The van der Waals surface area contributed by atoms with E-state index in [0.29, 0.717) is 19.2 Å². The fourth-order valence-electron chi connectivity index (χ4n) is 4.81. The molecule has 2 aromatic rings. The molecule has 0 radical (unpaired) electrons. The number of rotatable bonds is 15. The molecule has 40 heavy (non-hydrogen) atoms. The molecule has 0 unspecified atom stereocenters. The molecular weight excluding hydrogens is 490 g/mol. The minimum absolute atomic E-state index is 0.322. The SMILES string of the molecule is C=C(c1ccccc1CCc1ccccc1)N1CCC[C@H]1CONC\C=C/C(=C\C)/C=C/C=C/C=C(N)\C=C/C. The molecule has 0 spiro atoms. The molecule has 3 rings (SSSR count). The Morgan fingerprint density at radius 1 is 1.00 bits per heavy atom. The van der Waals surface area contributed by atoms with Crippen LogP contribution < -0.4 is 11.2 Å². The summed E-state index contributed by atoms with van der Waals surface area (Å²) in [6.07, 6.45) is 24.2. The van der Waals surface area contributed by atoms with Gasteiger partial charge in [0.1, 0.15) is 0 Å². The summed E-state index contributed by atoms with van der Waals surface area (Å²) in [4.78, 5) is 8.31. The molecule has 1 aliphatic heterocycles. The summed E-state index contributed by atoms with van der Waals surface area (Å²) in [5, 5.41) is 0. The van der Waals surface area contributed by atoms with E-state index in [4.69, 9.17) is 10.6 Å². The summed E-state index contributed by atoms with van der Waals surface area (Å²) in [7, 11) is 0. The van der Waals surface area contributed by atoms with Crippen molar-refractivity contribution in [1.29, 1.82) is 0 Å². The van der Waals surface area contributed by atoms with Gasteiger partial charge in [-0.3, -0.25) is 4.84 Å². The van der Waals surface area contributed by atoms with Crippen molar-refractivity contribution < 1.29 is 4.84 Å². The summed E-state index contributed by atoms with van der Waals surface area (Å²) < 4.78 is 0. The van der Waals surface area contributed by atoms with Crippen LogP contribution in [0.1, 0.15) is 43.4 Å². The summed E-state index contributed by atoms with van der Waals surface area (Å²) in [6, 6.07) is 19.7. The van der Waals surface area contributed by atoms with Gasteiger partial charge >= 0.3 is 0 Å². The first-order chi connectivity index (χ1) is 19.6. The summed E-state index contributed by atoms with van der Waals surface area (Å²) in [5.74, 6) is 0. The van der Waals surface area contributed by atoms with Gasteiger partial charge in [0, 0.05) is 30.0 Å². The largest absolute Gasteiger partial charge is 0.399 e. The molecule has 0 amide bonds. The second-order valence-electron chi connectivity index (χ2n) is 9.84. The van der Waals surface area contributed by atoms with Crippen LogP contribution in [0, 0.1) is 0 Å². The third-order valence-electron chi connectivity index (χ3n) is 6.96. The zero-order chi connectivity index (χ0) is 28.4. The highest BCUT2D eigenvalue weighted by Gasteiger charge is 2.27. The first-order valence-corrected chi connectivity index (χ1v) is 14.3. The van der Waals surface area contributed by atoms with Crippen LogP contribution in [0.5, 0.6) is 0 Å². The van der Waals surface area contributed by atoms with Gasteiger partial charge in [-0.15, -0.1) is 0 Å². The molecule has 210 valence electrons. The number of nitrogens with one attached hydrogen (secondary N) is 1. The Kier molecular flexibility index (Phi) is 13.6. The van der Waals surface area contributed by atoms with Crippen molar-refractivity contribution in [3.63, 3.8) is 0 Å². The third kappa shape index (κ3) is 10.4. The molecule has 0 bridgehead atoms. The number of aryl methyl sites for hydroxylation is 2. The number of likely N-dealkylation sites (tertiary alicyclic amines) is 1. The zero-order valence-electron chi connectivity index (χ0n) is 24.1. The molecule has 1 saturated heterocycles. The summed E-state index contributed by atoms with van der Waals surface area (Å²) >= 11 is 0. The van der Waals surface area contributed by atoms with E-state index in [-0.39, 0.29) is 0 Å². The number of hydrogen-bond acceptors (Lipinski definition) is 4. The van der Waals surface area contributed by atoms with Gasteiger partial charge < -0.3 is 10.6 Å². The predicted molar refractivity (Wildman–Crippen MR) is 171 cm³/mol. The summed E-state index contributed by atoms with van der Waals surface area (Å²) in [6.45, 7) is 10.8. The smallest absolute Gasteiger partial charge is 0.0885 e. The molecule has 0 aromatic heterocycles. The lowest BCUT2D eigenvalue weighted by atomic mass is 9.97. The lowest BCUT2D eigenvalue weighted by molar-refractivity contribution is 0.0223. The van der Waals surface area contributed by atoms with E-state index in [0.717, 1.165) is 49.2 Å². The summed E-state index contributed by atoms with van der Waals surface area (Å²) in [5.41, 5.74) is 15.9. The van der Waals surface area contributed by atoms with Crippen LogP contribution in [0.3, 0.4) is 0 Å². The van der Waals surface area contributed by atoms with Crippen LogP contribution in [0.15, 0.2) is 133 Å². The van der Waals surface area contributed by atoms with Crippen LogP contribution in [0.2, 0.25) is 0 Å². The predicted octanol–water partition coefficient (Wildman–Crippen LogP) is 7.46. The number of allylic oxidation sites excluding steroid dienone is 10. The molecule has 3 N–H and O–H groups in total. The number of hydrogen-bond donors (Lipinski definition) is 2. The van der Waals surface area contributed by atoms with E-state index in [1.165, 1.54) is 16.7 Å². The van der Waals surface area contributed by atoms with Crippen LogP contribution >= 0.6 is 0 Å². The maximum Gasteiger partial charge on any atom is 0.0885 e. The van der Waals surface area contributed by atoms with Crippen LogP contribution in [-0.4, -0.2) is 30.6 Å². The molecular formula is C36H45N3O. The number of nitrogens with zero attached hydrogens (tertiary/aromatic N) is 1. The second-order valence-corrected chi connectivity index (χ2v) is 9.84. The van der Waals surface area contributed by atoms with Crippen LogP contribution in [0.4, 0.5) is 0 Å². The first-order valence-electron chi connectivity index (χ1n) is 14.3. The highest BCUT2D eigenvalue weighted by Crippen LogP contribution is 2.30. The van der Waals surface area contributed by atoms with Crippen LogP contribution in [0.25, 0.3) is 5.70 Å². The minimum atomic E-state index is 0.322. The van der Waals surface area contributed by atoms with Crippen molar-refractivity contribution in [2.24, 2.45) is 5.73 Å². The van der Waals surface area contributed by atoms with Gasteiger partial charge in [-0.25, -0.2) is 0 Å². The average Bonchev–Trinajstić information content (AvgIpc) is 3.45. The normalized spacial score (nSPS) is 16.9. The topological polar surface area (TPSA) is 50.5 Å². The van der Waals surface area contributed by atoms with E-state index in [1.54, 1.807) is 0 Å². The Morgan fingerprint density at radius 2 is 1.80 bits per heavy atom. The maximum atomic E-state index is 5.88. The molecule has 4 heteroatoms. The highest BCUT2D eigenvalue weighted by molar-refractivity contribution is 5.65. The Morgan fingerprint density at radius 3 is 2.60 bits per heavy atom. The van der Waals surface area contributed by atoms with Crippen molar-refractivity contribution in [3.05, 3.63) is 150 Å². The van der Waals surface area contributed by atoms with Gasteiger partial charge in [-0.05, 0) is 68.4 Å². The molecule has 1 fully saturated rings. The third-order valence-corrected chi connectivity index (χ3v) is 6.96. The highest BCUT2D eigenvalue weighted by atomic mass is 16.6. The first kappa shape index (κ1) is 30.7. The number of hydroxylamine groups is 1. The molecule has 1 heterocycles. The Balaban J connectivity index is 1.44. The van der Waals surface area contributed by atoms with Gasteiger partial charge in [0.05, 0.1) is 12.6 Å². The number of benzene rings is 2. The lowest BCUT2D eigenvalue weighted by Crippen LogP contribution is -2.34. The fraction of sp³-hybridized carbons (Fsp3) is 0.278. The van der Waals surface area contributed by atoms with Gasteiger partial charge in [-0.2, -0.15) is 5.48 Å². The van der Waals surface area contributed by atoms with E-state index in [1.807, 2.05) is 50.3 Å². The van der Waals surface area contributed by atoms with E-state index >= 15 is 0 Å². The standard InChI is InChI=1S/C36H45N3O/c1-4-16-34(37)22-11-7-8-17-31(5-2)20-14-27-38-40-29-35-23-15-28-39(35)30(3)36-24-13-12-21-33(36)26-25-32-18-9-6-10-19-32/h4-14,16-22,24,35,38H,3,15,23,25-29,37H2,1-2H3/b11-7+,16-4-,17-8+,20-14-,31-5-,34-22+/t35-/m0/s1. The molecule has 1 aliphatic rings. The lowest BCUT2D eigenvalue weighted by Gasteiger charge is -2.29. The van der Waals surface area contributed by atoms with Gasteiger partial charge in [-0.1, -0.05) is 110 Å². The fourth-order valence-corrected chi connectivity index (χ4v) is 4.81. The quantitative estimate of drug-likeness (QED) is 0.141. The maximum absolute atomic E-state index is 5.88. The van der Waals surface area contributed by atoms with Gasteiger partial charge in [0.2, 0.25) is 0 Å². The molecule has 0 saturated carbocycles. The second kappa shape index (κ2) is 17.7. The van der Waals surface area contributed by atoms with Gasteiger partial charge in [0.25, 0.3) is 0 Å². The Hall–Kier alpha value is -3.86. The van der Waals surface area contributed by atoms with Gasteiger partial charge in [0.15, 0.2) is 0 Å². The van der Waals surface area contributed by atoms with E-state index in [9.17, 15) is 0 Å². The van der Waals surface area contributed by atoms with Crippen molar-refractivity contribution in [3.8, 4) is 0 Å². The average molecular weight is 536 g/mol. The molecule has 2 aromatic carbocycles.